The summed E-state index contributed by atoms with van der Waals surface area (Å²) in [6.07, 6.45) is 4.83. The maximum Gasteiger partial charge on any atom is 0.283 e. The lowest BCUT2D eigenvalue weighted by atomic mass is 9.72. The number of benzene rings is 2. The van der Waals surface area contributed by atoms with E-state index in [0.717, 1.165) is 35.3 Å². The minimum atomic E-state index is -1.11. The third-order valence-corrected chi connectivity index (χ3v) is 5.83. The van der Waals surface area contributed by atoms with Crippen LogP contribution in [0.4, 0.5) is 4.79 Å². The summed E-state index contributed by atoms with van der Waals surface area (Å²) in [5.41, 5.74) is 0.661. The highest BCUT2D eigenvalue weighted by Crippen LogP contribution is 2.44. The summed E-state index contributed by atoms with van der Waals surface area (Å²) in [6.45, 7) is 3.92. The second-order valence-electron chi connectivity index (χ2n) is 7.32. The Labute approximate surface area is 165 Å². The van der Waals surface area contributed by atoms with Crippen LogP contribution in [0, 0.1) is 5.92 Å². The van der Waals surface area contributed by atoms with Crippen molar-refractivity contribution in [2.75, 3.05) is 0 Å². The second-order valence-corrected chi connectivity index (χ2v) is 8.42. The molecule has 142 valence electrons. The van der Waals surface area contributed by atoms with E-state index in [1.807, 2.05) is 74.5 Å². The Kier molecular flexibility index (Phi) is 6.40. The summed E-state index contributed by atoms with van der Waals surface area (Å²) in [5, 5.41) is 14.8. The molecular formula is C23H27NO2S. The van der Waals surface area contributed by atoms with Crippen LogP contribution in [0.5, 0.6) is 0 Å². The van der Waals surface area contributed by atoms with Crippen LogP contribution in [0.15, 0.2) is 71.6 Å². The monoisotopic (exact) mass is 381 g/mol. The van der Waals surface area contributed by atoms with E-state index in [1.165, 1.54) is 11.8 Å². The highest BCUT2D eigenvalue weighted by atomic mass is 32.2. The van der Waals surface area contributed by atoms with Crippen molar-refractivity contribution >= 4 is 17.0 Å². The van der Waals surface area contributed by atoms with Gasteiger partial charge < -0.3 is 10.4 Å². The Morgan fingerprint density at radius 2 is 1.63 bits per heavy atom. The van der Waals surface area contributed by atoms with E-state index in [1.54, 1.807) is 0 Å². The zero-order valence-corrected chi connectivity index (χ0v) is 16.7. The number of rotatable bonds is 5. The first-order valence-electron chi connectivity index (χ1n) is 9.52. The van der Waals surface area contributed by atoms with Crippen molar-refractivity contribution in [3.63, 3.8) is 0 Å². The average Bonchev–Trinajstić information content (AvgIpc) is 2.68. The number of thioether (sulfide) groups is 1. The topological polar surface area (TPSA) is 49.3 Å². The molecule has 1 amide bonds. The number of carbonyl (C=O) groups excluding carboxylic acids is 1. The molecule has 2 aromatic rings. The van der Waals surface area contributed by atoms with Gasteiger partial charge in [-0.2, -0.15) is 0 Å². The molecule has 1 unspecified atom stereocenters. The minimum Gasteiger partial charge on any atom is -0.380 e. The molecule has 27 heavy (non-hydrogen) atoms. The van der Waals surface area contributed by atoms with Crippen LogP contribution < -0.4 is 5.32 Å². The molecule has 1 aliphatic carbocycles. The van der Waals surface area contributed by atoms with Crippen LogP contribution in [0.2, 0.25) is 0 Å². The van der Waals surface area contributed by atoms with E-state index in [-0.39, 0.29) is 17.2 Å². The van der Waals surface area contributed by atoms with Gasteiger partial charge in [0.1, 0.15) is 5.60 Å². The second kappa shape index (κ2) is 8.77. The summed E-state index contributed by atoms with van der Waals surface area (Å²) >= 11 is 1.26. The lowest BCUT2D eigenvalue weighted by Gasteiger charge is -2.38. The van der Waals surface area contributed by atoms with E-state index in [9.17, 15) is 9.90 Å². The van der Waals surface area contributed by atoms with Gasteiger partial charge in [0.05, 0.1) is 0 Å². The molecule has 2 N–H and O–H groups in total. The molecule has 4 heteroatoms. The molecule has 0 fully saturated rings. The molecule has 2 aromatic carbocycles. The molecule has 3 rings (SSSR count). The average molecular weight is 382 g/mol. The van der Waals surface area contributed by atoms with Gasteiger partial charge >= 0.3 is 0 Å². The molecular weight excluding hydrogens is 354 g/mol. The number of nitrogens with one attached hydrogen (secondary N) is 1. The van der Waals surface area contributed by atoms with E-state index in [2.05, 4.69) is 11.4 Å². The Morgan fingerprint density at radius 1 is 1.07 bits per heavy atom. The summed E-state index contributed by atoms with van der Waals surface area (Å²) in [5.74, 6) is -0.0783. The first-order valence-corrected chi connectivity index (χ1v) is 10.3. The Bertz CT molecular complexity index is 747. The smallest absolute Gasteiger partial charge is 0.283 e. The van der Waals surface area contributed by atoms with Gasteiger partial charge in [0, 0.05) is 12.0 Å². The number of amides is 1. The van der Waals surface area contributed by atoms with E-state index >= 15 is 0 Å². The first-order chi connectivity index (χ1) is 13.0. The zero-order chi connectivity index (χ0) is 19.3. The van der Waals surface area contributed by atoms with Gasteiger partial charge in [-0.1, -0.05) is 66.7 Å². The van der Waals surface area contributed by atoms with Crippen LogP contribution in [-0.2, 0) is 5.60 Å². The fraction of sp³-hybridized carbons (Fsp3) is 0.348. The van der Waals surface area contributed by atoms with Crippen LogP contribution in [-0.4, -0.2) is 16.4 Å². The standard InChI is InChI=1S/C23H27NO2S/c1-17(2)24-22(25)27-21-15-9-14-20(16-21)23(26,18-10-5-3-6-11-18)19-12-7-4-8-13-19/h3-8,10-13,16-17,20,26H,9,14-15H2,1-2H3,(H,24,25). The quantitative estimate of drug-likeness (QED) is 0.723. The normalized spacial score (nSPS) is 17.5. The molecule has 0 aliphatic heterocycles. The number of aliphatic hydroxyl groups is 1. The summed E-state index contributed by atoms with van der Waals surface area (Å²) in [7, 11) is 0. The molecule has 0 radical (unpaired) electrons. The largest absolute Gasteiger partial charge is 0.380 e. The van der Waals surface area contributed by atoms with Gasteiger partial charge in [0.2, 0.25) is 0 Å². The number of carbonyl (C=O) groups is 1. The highest BCUT2D eigenvalue weighted by molar-refractivity contribution is 8.16. The summed E-state index contributed by atoms with van der Waals surface area (Å²) < 4.78 is 0. The Hall–Kier alpha value is -2.04. The van der Waals surface area contributed by atoms with Crippen LogP contribution in [0.1, 0.15) is 44.2 Å². The van der Waals surface area contributed by atoms with Crippen molar-refractivity contribution in [1.82, 2.24) is 5.32 Å². The predicted octanol–water partition coefficient (Wildman–Crippen LogP) is 5.46. The summed E-state index contributed by atoms with van der Waals surface area (Å²) in [6, 6.07) is 19.8. The molecule has 0 aromatic heterocycles. The number of hydrogen-bond donors (Lipinski definition) is 2. The van der Waals surface area contributed by atoms with Crippen molar-refractivity contribution in [3.8, 4) is 0 Å². The third kappa shape index (κ3) is 4.63. The third-order valence-electron chi connectivity index (χ3n) is 4.92. The van der Waals surface area contributed by atoms with Crippen molar-refractivity contribution in [2.24, 2.45) is 5.92 Å². The van der Waals surface area contributed by atoms with Gasteiger partial charge in [0.15, 0.2) is 0 Å². The SMILES string of the molecule is CC(C)NC(=O)SC1=CC(C(O)(c2ccccc2)c2ccccc2)CCC1. The molecule has 0 spiro atoms. The van der Waals surface area contributed by atoms with Crippen LogP contribution in [0.3, 0.4) is 0 Å². The predicted molar refractivity (Wildman–Crippen MR) is 113 cm³/mol. The van der Waals surface area contributed by atoms with Crippen molar-refractivity contribution < 1.29 is 9.90 Å². The molecule has 0 heterocycles. The van der Waals surface area contributed by atoms with Crippen LogP contribution in [0.25, 0.3) is 0 Å². The van der Waals surface area contributed by atoms with E-state index < -0.39 is 5.60 Å². The van der Waals surface area contributed by atoms with Gasteiger partial charge in [-0.25, -0.2) is 0 Å². The molecule has 3 nitrogen and oxygen atoms in total. The molecule has 0 bridgehead atoms. The fourth-order valence-electron chi connectivity index (χ4n) is 3.67. The molecule has 0 saturated heterocycles. The number of hydrogen-bond acceptors (Lipinski definition) is 3. The van der Waals surface area contributed by atoms with Gasteiger partial charge in [0.25, 0.3) is 5.24 Å². The summed E-state index contributed by atoms with van der Waals surface area (Å²) in [4.78, 5) is 13.2. The van der Waals surface area contributed by atoms with E-state index in [4.69, 9.17) is 0 Å². The van der Waals surface area contributed by atoms with Gasteiger partial charge in [-0.15, -0.1) is 0 Å². The maximum atomic E-state index is 12.2. The zero-order valence-electron chi connectivity index (χ0n) is 15.9. The molecule has 1 aliphatic rings. The fourth-order valence-corrected chi connectivity index (χ4v) is 4.68. The van der Waals surface area contributed by atoms with Crippen molar-refractivity contribution in [3.05, 3.63) is 82.8 Å². The minimum absolute atomic E-state index is 0.0279. The first kappa shape index (κ1) is 19.7. The lowest BCUT2D eigenvalue weighted by Crippen LogP contribution is -2.36. The van der Waals surface area contributed by atoms with Gasteiger partial charge in [-0.05, 0) is 60.9 Å². The van der Waals surface area contributed by atoms with E-state index in [0.29, 0.717) is 0 Å². The molecule has 0 saturated carbocycles. The van der Waals surface area contributed by atoms with Crippen molar-refractivity contribution in [2.45, 2.75) is 44.8 Å². The number of allylic oxidation sites excluding steroid dienone is 1. The van der Waals surface area contributed by atoms with Crippen LogP contribution >= 0.6 is 11.8 Å². The maximum absolute atomic E-state index is 12.2. The highest BCUT2D eigenvalue weighted by Gasteiger charge is 2.40. The Balaban J connectivity index is 1.95. The molecule has 1 atom stereocenters. The lowest BCUT2D eigenvalue weighted by molar-refractivity contribution is 0.0301. The van der Waals surface area contributed by atoms with Gasteiger partial charge in [-0.3, -0.25) is 4.79 Å². The van der Waals surface area contributed by atoms with Crippen molar-refractivity contribution in [1.29, 1.82) is 0 Å². The Morgan fingerprint density at radius 3 is 2.15 bits per heavy atom.